The maximum absolute atomic E-state index is 12.2. The van der Waals surface area contributed by atoms with Crippen LogP contribution in [0.2, 0.25) is 0 Å². The van der Waals surface area contributed by atoms with Gasteiger partial charge in [-0.15, -0.1) is 11.8 Å². The van der Waals surface area contributed by atoms with E-state index in [1.165, 1.54) is 12.1 Å². The minimum Gasteiger partial charge on any atom is -0.407 e. The second kappa shape index (κ2) is 6.81. The summed E-state index contributed by atoms with van der Waals surface area (Å²) in [6.45, 7) is -0.257. The first kappa shape index (κ1) is 16.8. The van der Waals surface area contributed by atoms with E-state index in [1.54, 1.807) is 17.8 Å². The van der Waals surface area contributed by atoms with Crippen molar-refractivity contribution in [1.82, 2.24) is 4.57 Å². The Labute approximate surface area is 145 Å². The van der Waals surface area contributed by atoms with Crippen molar-refractivity contribution >= 4 is 40.1 Å². The molecule has 1 amide bonds. The molecule has 2 aromatic carbocycles. The van der Waals surface area contributed by atoms with Crippen LogP contribution in [0.3, 0.4) is 0 Å². The number of oxazole rings is 1. The summed E-state index contributed by atoms with van der Waals surface area (Å²) in [6.07, 6.45) is 1.93. The predicted molar refractivity (Wildman–Crippen MR) is 94.0 cm³/mol. The summed E-state index contributed by atoms with van der Waals surface area (Å²) in [7, 11) is 0. The van der Waals surface area contributed by atoms with Crippen molar-refractivity contribution in [2.75, 3.05) is 11.6 Å². The lowest BCUT2D eigenvalue weighted by atomic mass is 10.3. The molecule has 25 heavy (non-hydrogen) atoms. The number of non-ortho nitro benzene ring substituents is 1. The van der Waals surface area contributed by atoms with Gasteiger partial charge in [0.15, 0.2) is 5.58 Å². The molecule has 0 aliphatic rings. The average Bonchev–Trinajstić information content (AvgIpc) is 2.89. The molecule has 9 heteroatoms. The monoisotopic (exact) mass is 359 g/mol. The Kier molecular flexibility index (Phi) is 4.57. The first-order valence-electron chi connectivity index (χ1n) is 7.19. The number of thioether (sulfide) groups is 1. The topological polar surface area (TPSA) is 107 Å². The highest BCUT2D eigenvalue weighted by Crippen LogP contribution is 2.21. The zero-order chi connectivity index (χ0) is 18.0. The minimum absolute atomic E-state index is 0.0661. The number of hydrogen-bond acceptors (Lipinski definition) is 6. The lowest BCUT2D eigenvalue weighted by molar-refractivity contribution is -0.384. The Morgan fingerprint density at radius 1 is 1.32 bits per heavy atom. The van der Waals surface area contributed by atoms with Gasteiger partial charge in [0.2, 0.25) is 5.91 Å². The Balaban J connectivity index is 1.84. The number of fused-ring (bicyclic) bond motifs is 1. The predicted octanol–water partition coefficient (Wildman–Crippen LogP) is 2.86. The molecule has 0 saturated heterocycles. The summed E-state index contributed by atoms with van der Waals surface area (Å²) < 4.78 is 6.13. The molecule has 128 valence electrons. The second-order valence-electron chi connectivity index (χ2n) is 5.14. The number of aromatic nitrogens is 1. The van der Waals surface area contributed by atoms with Gasteiger partial charge in [0.25, 0.3) is 5.69 Å². The van der Waals surface area contributed by atoms with Crippen LogP contribution < -0.4 is 11.1 Å². The van der Waals surface area contributed by atoms with Crippen LogP contribution in [0.4, 0.5) is 11.4 Å². The first-order valence-corrected chi connectivity index (χ1v) is 8.42. The molecule has 0 spiro atoms. The van der Waals surface area contributed by atoms with Gasteiger partial charge in [-0.1, -0.05) is 6.07 Å². The van der Waals surface area contributed by atoms with Crippen LogP contribution >= 0.6 is 11.8 Å². The maximum Gasteiger partial charge on any atom is 0.420 e. The van der Waals surface area contributed by atoms with Crippen LogP contribution in [0.25, 0.3) is 11.1 Å². The van der Waals surface area contributed by atoms with Crippen molar-refractivity contribution < 1.29 is 14.1 Å². The van der Waals surface area contributed by atoms with Crippen LogP contribution in [0.5, 0.6) is 0 Å². The van der Waals surface area contributed by atoms with Gasteiger partial charge in [-0.05, 0) is 30.5 Å². The van der Waals surface area contributed by atoms with Gasteiger partial charge < -0.3 is 9.73 Å². The molecule has 1 N–H and O–H groups in total. The average molecular weight is 359 g/mol. The van der Waals surface area contributed by atoms with E-state index in [0.717, 1.165) is 15.5 Å². The lowest BCUT2D eigenvalue weighted by Gasteiger charge is -2.07. The molecule has 0 fully saturated rings. The van der Waals surface area contributed by atoms with E-state index in [0.29, 0.717) is 11.2 Å². The summed E-state index contributed by atoms with van der Waals surface area (Å²) in [4.78, 5) is 35.4. The van der Waals surface area contributed by atoms with E-state index in [-0.39, 0.29) is 17.8 Å². The lowest BCUT2D eigenvalue weighted by Crippen LogP contribution is -2.24. The van der Waals surface area contributed by atoms with Crippen molar-refractivity contribution in [2.24, 2.45) is 0 Å². The van der Waals surface area contributed by atoms with Gasteiger partial charge in [-0.25, -0.2) is 4.79 Å². The molecular weight excluding hydrogens is 346 g/mol. The quantitative estimate of drug-likeness (QED) is 0.426. The van der Waals surface area contributed by atoms with Gasteiger partial charge >= 0.3 is 5.76 Å². The highest BCUT2D eigenvalue weighted by Gasteiger charge is 2.16. The van der Waals surface area contributed by atoms with Gasteiger partial charge in [0.05, 0.1) is 16.5 Å². The van der Waals surface area contributed by atoms with Crippen molar-refractivity contribution in [3.63, 3.8) is 0 Å². The van der Waals surface area contributed by atoms with Crippen molar-refractivity contribution in [3.8, 4) is 0 Å². The number of nitro groups is 1. The van der Waals surface area contributed by atoms with Gasteiger partial charge in [-0.2, -0.15) is 0 Å². The number of nitrogens with one attached hydrogen (secondary N) is 1. The molecule has 1 aromatic heterocycles. The number of carbonyl (C=O) groups excluding carboxylic acids is 1. The van der Waals surface area contributed by atoms with E-state index in [4.69, 9.17) is 4.42 Å². The third-order valence-corrected chi connectivity index (χ3v) is 4.24. The van der Waals surface area contributed by atoms with Crippen LogP contribution in [0.15, 0.2) is 56.6 Å². The Bertz CT molecular complexity index is 1020. The summed E-state index contributed by atoms with van der Waals surface area (Å²) in [6, 6.07) is 11.1. The summed E-state index contributed by atoms with van der Waals surface area (Å²) >= 11 is 1.55. The van der Waals surface area contributed by atoms with Gasteiger partial charge in [-0.3, -0.25) is 19.5 Å². The molecule has 0 atom stereocenters. The molecule has 3 aromatic rings. The van der Waals surface area contributed by atoms with Gasteiger partial charge in [0.1, 0.15) is 6.54 Å². The SMILES string of the molecule is CSc1cccc(NC(=O)Cn2c(=O)oc3cc([N+](=O)[O-])ccc32)c1. The summed E-state index contributed by atoms with van der Waals surface area (Å²) in [5, 5.41) is 13.5. The molecular formula is C16H13N3O5S. The fourth-order valence-corrected chi connectivity index (χ4v) is 2.82. The zero-order valence-electron chi connectivity index (χ0n) is 13.1. The summed E-state index contributed by atoms with van der Waals surface area (Å²) in [5.74, 6) is -1.15. The molecule has 0 saturated carbocycles. The molecule has 1 heterocycles. The molecule has 0 bridgehead atoms. The van der Waals surface area contributed by atoms with Crippen LogP contribution in [-0.4, -0.2) is 21.7 Å². The number of carbonyl (C=O) groups is 1. The van der Waals surface area contributed by atoms with Crippen molar-refractivity contribution in [2.45, 2.75) is 11.4 Å². The minimum atomic E-state index is -0.747. The number of rotatable bonds is 5. The molecule has 8 nitrogen and oxygen atoms in total. The number of anilines is 1. The fourth-order valence-electron chi connectivity index (χ4n) is 2.36. The maximum atomic E-state index is 12.2. The van der Waals surface area contributed by atoms with Crippen LogP contribution in [0.1, 0.15) is 0 Å². The van der Waals surface area contributed by atoms with E-state index in [9.17, 15) is 19.7 Å². The van der Waals surface area contributed by atoms with Crippen molar-refractivity contribution in [3.05, 3.63) is 63.1 Å². The highest BCUT2D eigenvalue weighted by molar-refractivity contribution is 7.98. The number of hydrogen-bond donors (Lipinski definition) is 1. The Hall–Kier alpha value is -3.07. The second-order valence-corrected chi connectivity index (χ2v) is 6.02. The van der Waals surface area contributed by atoms with E-state index in [1.807, 2.05) is 24.5 Å². The molecule has 0 unspecified atom stereocenters. The van der Waals surface area contributed by atoms with Crippen LogP contribution in [0, 0.1) is 10.1 Å². The van der Waals surface area contributed by atoms with E-state index >= 15 is 0 Å². The largest absolute Gasteiger partial charge is 0.420 e. The normalized spacial score (nSPS) is 10.8. The standard InChI is InChI=1S/C16H13N3O5S/c1-25-12-4-2-3-10(7-12)17-15(20)9-18-13-6-5-11(19(22)23)8-14(13)24-16(18)21/h2-8H,9H2,1H3,(H,17,20). The number of nitro benzene ring substituents is 1. The van der Waals surface area contributed by atoms with Crippen molar-refractivity contribution in [1.29, 1.82) is 0 Å². The zero-order valence-corrected chi connectivity index (χ0v) is 13.9. The third-order valence-electron chi connectivity index (χ3n) is 3.52. The Morgan fingerprint density at radius 3 is 2.84 bits per heavy atom. The number of nitrogens with zero attached hydrogens (tertiary/aromatic N) is 2. The number of benzene rings is 2. The molecule has 0 aliphatic heterocycles. The molecule has 3 rings (SSSR count). The summed E-state index contributed by atoms with van der Waals surface area (Å²) in [5.41, 5.74) is 0.820. The van der Waals surface area contributed by atoms with E-state index in [2.05, 4.69) is 5.32 Å². The van der Waals surface area contributed by atoms with E-state index < -0.39 is 16.6 Å². The number of amides is 1. The highest BCUT2D eigenvalue weighted by atomic mass is 32.2. The molecule has 0 aliphatic carbocycles. The molecule has 0 radical (unpaired) electrons. The fraction of sp³-hybridized carbons (Fsp3) is 0.125. The van der Waals surface area contributed by atoms with Crippen LogP contribution in [-0.2, 0) is 11.3 Å². The Morgan fingerprint density at radius 2 is 2.12 bits per heavy atom. The smallest absolute Gasteiger partial charge is 0.407 e. The third kappa shape index (κ3) is 3.56. The first-order chi connectivity index (χ1) is 12.0. The van der Waals surface area contributed by atoms with Gasteiger partial charge in [0, 0.05) is 16.6 Å².